The van der Waals surface area contributed by atoms with Gasteiger partial charge in [-0.15, -0.1) is 0 Å². The molecule has 0 spiro atoms. The molecule has 0 bridgehead atoms. The zero-order valence-corrected chi connectivity index (χ0v) is 21.4. The molecule has 192 valence electrons. The topological polar surface area (TPSA) is 78.0 Å². The fourth-order valence-electron chi connectivity index (χ4n) is 4.40. The number of hydrogen-bond donors (Lipinski definition) is 2. The Bertz CT molecular complexity index is 1370. The molecule has 0 unspecified atom stereocenters. The Labute approximate surface area is 215 Å². The van der Waals surface area contributed by atoms with Crippen molar-refractivity contribution in [3.8, 4) is 17.2 Å². The van der Waals surface area contributed by atoms with Gasteiger partial charge in [0.1, 0.15) is 5.82 Å². The molecule has 0 aliphatic heterocycles. The molecule has 3 aromatic rings. The van der Waals surface area contributed by atoms with Gasteiger partial charge in [-0.25, -0.2) is 4.39 Å². The van der Waals surface area contributed by atoms with Crippen molar-refractivity contribution >= 4 is 28.8 Å². The summed E-state index contributed by atoms with van der Waals surface area (Å²) < 4.78 is 25.3. The van der Waals surface area contributed by atoms with Crippen molar-refractivity contribution in [3.05, 3.63) is 88.2 Å². The van der Waals surface area contributed by atoms with Crippen molar-refractivity contribution in [1.82, 2.24) is 5.64 Å². The molecular weight excluding hydrogens is 475 g/mol. The maximum atomic E-state index is 14.3. The van der Waals surface area contributed by atoms with E-state index in [4.69, 9.17) is 19.1 Å². The van der Waals surface area contributed by atoms with E-state index in [9.17, 15) is 9.18 Å². The lowest BCUT2D eigenvalue weighted by atomic mass is 10.00. The lowest BCUT2D eigenvalue weighted by Crippen LogP contribution is -2.17. The average molecular weight is 505 g/mol. The second kappa shape index (κ2) is 11.3. The first-order valence-corrected chi connectivity index (χ1v) is 11.6. The third-order valence-electron chi connectivity index (χ3n) is 6.11. The SMILES string of the molecule is CONOc1c(OC)cc(/C=C2/C(C)=C(CC(=O)Nc3cccc(C)c3)c3cc(F)ccc32)cc1OC. The van der Waals surface area contributed by atoms with Crippen LogP contribution in [0.25, 0.3) is 17.2 Å². The molecule has 0 heterocycles. The highest BCUT2D eigenvalue weighted by Crippen LogP contribution is 2.45. The van der Waals surface area contributed by atoms with E-state index in [-0.39, 0.29) is 18.1 Å². The summed E-state index contributed by atoms with van der Waals surface area (Å²) in [5.74, 6) is 0.635. The third kappa shape index (κ3) is 5.66. The number of fused-ring (bicyclic) bond motifs is 1. The predicted molar refractivity (Wildman–Crippen MR) is 142 cm³/mol. The molecule has 1 amide bonds. The minimum absolute atomic E-state index is 0.107. The van der Waals surface area contributed by atoms with Gasteiger partial charge in [0.25, 0.3) is 0 Å². The van der Waals surface area contributed by atoms with E-state index in [0.717, 1.165) is 39.1 Å². The summed E-state index contributed by atoms with van der Waals surface area (Å²) in [5.41, 5.74) is 8.94. The van der Waals surface area contributed by atoms with Gasteiger partial charge < -0.3 is 19.6 Å². The molecule has 0 saturated heterocycles. The van der Waals surface area contributed by atoms with Crippen LogP contribution in [0, 0.1) is 12.7 Å². The third-order valence-corrected chi connectivity index (χ3v) is 6.11. The van der Waals surface area contributed by atoms with Gasteiger partial charge in [0.05, 0.1) is 27.8 Å². The number of rotatable bonds is 9. The maximum Gasteiger partial charge on any atom is 0.233 e. The zero-order valence-electron chi connectivity index (χ0n) is 21.4. The number of benzene rings is 3. The van der Waals surface area contributed by atoms with Crippen LogP contribution in [0.4, 0.5) is 10.1 Å². The molecule has 0 fully saturated rings. The fraction of sp³-hybridized carbons (Fsp3) is 0.207. The van der Waals surface area contributed by atoms with E-state index in [1.165, 1.54) is 33.5 Å². The number of amides is 1. The highest BCUT2D eigenvalue weighted by molar-refractivity contribution is 6.10. The summed E-state index contributed by atoms with van der Waals surface area (Å²) in [6, 6.07) is 15.8. The Morgan fingerprint density at radius 2 is 1.68 bits per heavy atom. The molecule has 7 nitrogen and oxygen atoms in total. The van der Waals surface area contributed by atoms with Crippen molar-refractivity contribution < 1.29 is 28.3 Å². The van der Waals surface area contributed by atoms with E-state index in [0.29, 0.717) is 22.8 Å². The van der Waals surface area contributed by atoms with Gasteiger partial charge in [0.15, 0.2) is 11.5 Å². The van der Waals surface area contributed by atoms with E-state index in [2.05, 4.69) is 11.0 Å². The summed E-state index contributed by atoms with van der Waals surface area (Å²) in [7, 11) is 4.47. The summed E-state index contributed by atoms with van der Waals surface area (Å²) in [4.78, 5) is 23.1. The summed E-state index contributed by atoms with van der Waals surface area (Å²) in [6.07, 6.45) is 2.06. The molecule has 2 N–H and O–H groups in total. The molecular formula is C29H29FN2O5. The molecule has 0 radical (unpaired) electrons. The Balaban J connectivity index is 1.73. The second-order valence-corrected chi connectivity index (χ2v) is 8.59. The fourth-order valence-corrected chi connectivity index (χ4v) is 4.40. The van der Waals surface area contributed by atoms with Crippen LogP contribution in [-0.4, -0.2) is 27.2 Å². The first-order chi connectivity index (χ1) is 17.8. The number of methoxy groups -OCH3 is 2. The number of anilines is 1. The van der Waals surface area contributed by atoms with Gasteiger partial charge in [0.2, 0.25) is 11.7 Å². The highest BCUT2D eigenvalue weighted by atomic mass is 19.1. The highest BCUT2D eigenvalue weighted by Gasteiger charge is 2.26. The smallest absolute Gasteiger partial charge is 0.233 e. The quantitative estimate of drug-likeness (QED) is 0.351. The largest absolute Gasteiger partial charge is 0.493 e. The zero-order chi connectivity index (χ0) is 26.5. The van der Waals surface area contributed by atoms with Crippen LogP contribution in [-0.2, 0) is 9.63 Å². The monoisotopic (exact) mass is 504 g/mol. The normalized spacial score (nSPS) is 13.5. The number of hydrogen-bond acceptors (Lipinski definition) is 6. The number of carbonyl (C=O) groups excluding carboxylic acids is 1. The lowest BCUT2D eigenvalue weighted by Gasteiger charge is -2.14. The summed E-state index contributed by atoms with van der Waals surface area (Å²) in [5, 5.41) is 2.94. The van der Waals surface area contributed by atoms with Gasteiger partial charge in [-0.2, -0.15) is 0 Å². The van der Waals surface area contributed by atoms with Gasteiger partial charge in [-0.3, -0.25) is 9.63 Å². The minimum atomic E-state index is -0.361. The van der Waals surface area contributed by atoms with Crippen molar-refractivity contribution in [1.29, 1.82) is 0 Å². The Kier molecular flexibility index (Phi) is 7.91. The summed E-state index contributed by atoms with van der Waals surface area (Å²) in [6.45, 7) is 3.90. The first kappa shape index (κ1) is 25.9. The van der Waals surface area contributed by atoms with Gasteiger partial charge >= 0.3 is 0 Å². The number of halogens is 1. The van der Waals surface area contributed by atoms with Gasteiger partial charge in [0, 0.05) is 5.69 Å². The van der Waals surface area contributed by atoms with Crippen LogP contribution in [0.3, 0.4) is 0 Å². The molecule has 37 heavy (non-hydrogen) atoms. The van der Waals surface area contributed by atoms with Crippen LogP contribution < -0.4 is 25.3 Å². The molecule has 1 aliphatic rings. The number of allylic oxidation sites excluding steroid dienone is 2. The predicted octanol–water partition coefficient (Wildman–Crippen LogP) is 5.95. The maximum absolute atomic E-state index is 14.3. The Hall–Kier alpha value is -4.14. The van der Waals surface area contributed by atoms with Crippen molar-refractivity contribution in [2.24, 2.45) is 0 Å². The second-order valence-electron chi connectivity index (χ2n) is 8.59. The Morgan fingerprint density at radius 3 is 2.32 bits per heavy atom. The molecule has 0 saturated carbocycles. The van der Waals surface area contributed by atoms with Crippen LogP contribution >= 0.6 is 0 Å². The molecule has 3 aromatic carbocycles. The number of ether oxygens (including phenoxy) is 2. The standard InChI is InChI=1S/C29H29FN2O5/c1-17-7-6-8-21(11-17)31-28(33)16-24-18(2)23(22-10-9-20(30)15-25(22)24)12-19-13-26(34-3)29(37-32-36-5)27(14-19)35-4/h6-15,32H,16H2,1-5H3,(H,31,33)/b23-12-. The molecule has 8 heteroatoms. The first-order valence-electron chi connectivity index (χ1n) is 11.6. The van der Waals surface area contributed by atoms with E-state index < -0.39 is 0 Å². The minimum Gasteiger partial charge on any atom is -0.493 e. The summed E-state index contributed by atoms with van der Waals surface area (Å²) >= 11 is 0. The molecule has 4 rings (SSSR count). The van der Waals surface area contributed by atoms with E-state index in [1.807, 2.05) is 44.2 Å². The Morgan fingerprint density at radius 1 is 0.946 bits per heavy atom. The van der Waals surface area contributed by atoms with Crippen molar-refractivity contribution in [3.63, 3.8) is 0 Å². The molecule has 0 atom stereocenters. The lowest BCUT2D eigenvalue weighted by molar-refractivity contribution is -0.115. The van der Waals surface area contributed by atoms with Crippen LogP contribution in [0.2, 0.25) is 0 Å². The average Bonchev–Trinajstić information content (AvgIpc) is 3.12. The van der Waals surface area contributed by atoms with Crippen molar-refractivity contribution in [2.45, 2.75) is 20.3 Å². The van der Waals surface area contributed by atoms with Crippen LogP contribution in [0.1, 0.15) is 35.6 Å². The molecule has 1 aliphatic carbocycles. The van der Waals surface area contributed by atoms with Crippen LogP contribution in [0.5, 0.6) is 17.2 Å². The van der Waals surface area contributed by atoms with E-state index >= 15 is 0 Å². The van der Waals surface area contributed by atoms with Gasteiger partial charge in [-0.1, -0.05) is 18.2 Å². The van der Waals surface area contributed by atoms with Crippen LogP contribution in [0.15, 0.2) is 60.2 Å². The van der Waals surface area contributed by atoms with Crippen molar-refractivity contribution in [2.75, 3.05) is 26.6 Å². The number of aryl methyl sites for hydroxylation is 1. The molecule has 0 aromatic heterocycles. The van der Waals surface area contributed by atoms with Gasteiger partial charge in [-0.05, 0) is 101 Å². The number of carbonyl (C=O) groups is 1. The number of nitrogens with one attached hydrogen (secondary N) is 2. The van der Waals surface area contributed by atoms with E-state index in [1.54, 1.807) is 18.2 Å².